The molecular formula is C14H16N4. The number of nitrogen functional groups attached to an aromatic ring is 1. The van der Waals surface area contributed by atoms with E-state index in [1.54, 1.807) is 4.68 Å². The van der Waals surface area contributed by atoms with Gasteiger partial charge < -0.3 is 5.73 Å². The first-order chi connectivity index (χ1) is 8.76. The quantitative estimate of drug-likeness (QED) is 0.893. The molecule has 0 aliphatic carbocycles. The van der Waals surface area contributed by atoms with Crippen LogP contribution in [0.25, 0.3) is 5.69 Å². The van der Waals surface area contributed by atoms with Crippen LogP contribution in [0.3, 0.4) is 0 Å². The van der Waals surface area contributed by atoms with Crippen LogP contribution in [0, 0.1) is 11.3 Å². The minimum absolute atomic E-state index is 0.388. The number of hydrogen-bond donors (Lipinski definition) is 1. The van der Waals surface area contributed by atoms with Gasteiger partial charge in [-0.1, -0.05) is 25.5 Å². The molecule has 2 rings (SSSR count). The Hall–Kier alpha value is -2.28. The van der Waals surface area contributed by atoms with Gasteiger partial charge in [0.2, 0.25) is 0 Å². The number of rotatable bonds is 4. The van der Waals surface area contributed by atoms with E-state index in [4.69, 9.17) is 11.0 Å². The highest BCUT2D eigenvalue weighted by molar-refractivity contribution is 5.52. The van der Waals surface area contributed by atoms with E-state index in [0.29, 0.717) is 11.4 Å². The molecule has 4 nitrogen and oxygen atoms in total. The van der Waals surface area contributed by atoms with Gasteiger partial charge in [-0.15, -0.1) is 0 Å². The summed E-state index contributed by atoms with van der Waals surface area (Å²) in [7, 11) is 0. The molecule has 0 aliphatic rings. The van der Waals surface area contributed by atoms with Gasteiger partial charge in [0.15, 0.2) is 0 Å². The molecule has 0 fully saturated rings. The third-order valence-electron chi connectivity index (χ3n) is 2.93. The van der Waals surface area contributed by atoms with Crippen LogP contribution >= 0.6 is 0 Å². The smallest absolute Gasteiger partial charge is 0.145 e. The SMILES string of the molecule is CCCCc1ccc(-n2ncc(C#N)c2N)cc1. The zero-order valence-corrected chi connectivity index (χ0v) is 10.4. The number of aryl methyl sites for hydroxylation is 1. The van der Waals surface area contributed by atoms with Crippen molar-refractivity contribution in [3.63, 3.8) is 0 Å². The van der Waals surface area contributed by atoms with Crippen molar-refractivity contribution in [1.29, 1.82) is 5.26 Å². The molecule has 0 spiro atoms. The zero-order valence-electron chi connectivity index (χ0n) is 10.4. The lowest BCUT2D eigenvalue weighted by atomic mass is 10.1. The molecule has 0 atom stereocenters. The highest BCUT2D eigenvalue weighted by Crippen LogP contribution is 2.17. The molecule has 2 N–H and O–H groups in total. The van der Waals surface area contributed by atoms with Gasteiger partial charge in [-0.25, -0.2) is 4.68 Å². The lowest BCUT2D eigenvalue weighted by Gasteiger charge is -2.05. The first-order valence-electron chi connectivity index (χ1n) is 6.09. The Morgan fingerprint density at radius 3 is 2.61 bits per heavy atom. The predicted molar refractivity (Wildman–Crippen MR) is 71.3 cm³/mol. The van der Waals surface area contributed by atoms with Crippen molar-refractivity contribution in [1.82, 2.24) is 9.78 Å². The fourth-order valence-electron chi connectivity index (χ4n) is 1.83. The van der Waals surface area contributed by atoms with E-state index in [1.807, 2.05) is 18.2 Å². The molecule has 2 aromatic rings. The van der Waals surface area contributed by atoms with E-state index in [2.05, 4.69) is 24.2 Å². The van der Waals surface area contributed by atoms with Crippen LogP contribution in [0.5, 0.6) is 0 Å². The van der Waals surface area contributed by atoms with Gasteiger partial charge in [0, 0.05) is 0 Å². The summed E-state index contributed by atoms with van der Waals surface area (Å²) in [5.41, 5.74) is 8.44. The molecular weight excluding hydrogens is 224 g/mol. The summed E-state index contributed by atoms with van der Waals surface area (Å²) in [5.74, 6) is 0.388. The van der Waals surface area contributed by atoms with Crippen LogP contribution in [0.4, 0.5) is 5.82 Å². The van der Waals surface area contributed by atoms with E-state index in [9.17, 15) is 0 Å². The number of nitrogens with two attached hydrogens (primary N) is 1. The monoisotopic (exact) mass is 240 g/mol. The fourth-order valence-corrected chi connectivity index (χ4v) is 1.83. The molecule has 4 heteroatoms. The molecule has 1 aromatic heterocycles. The molecule has 0 radical (unpaired) electrons. The van der Waals surface area contributed by atoms with E-state index >= 15 is 0 Å². The Kier molecular flexibility index (Phi) is 3.63. The standard InChI is InChI=1S/C14H16N4/c1-2-3-4-11-5-7-13(8-6-11)18-14(16)12(9-15)10-17-18/h5-8,10H,2-4,16H2,1H3. The lowest BCUT2D eigenvalue weighted by Crippen LogP contribution is -2.02. The van der Waals surface area contributed by atoms with E-state index in [-0.39, 0.29) is 0 Å². The van der Waals surface area contributed by atoms with Crippen LogP contribution in [0.1, 0.15) is 30.9 Å². The Labute approximate surface area is 107 Å². The largest absolute Gasteiger partial charge is 0.382 e. The number of nitriles is 1. The summed E-state index contributed by atoms with van der Waals surface area (Å²) in [6.07, 6.45) is 4.97. The number of nitrogens with zero attached hydrogens (tertiary/aromatic N) is 3. The van der Waals surface area contributed by atoms with Crippen LogP contribution in [0.15, 0.2) is 30.5 Å². The second-order valence-electron chi connectivity index (χ2n) is 4.24. The topological polar surface area (TPSA) is 67.6 Å². The Morgan fingerprint density at radius 2 is 2.06 bits per heavy atom. The minimum Gasteiger partial charge on any atom is -0.382 e. The van der Waals surface area contributed by atoms with Crippen molar-refractivity contribution < 1.29 is 0 Å². The molecule has 18 heavy (non-hydrogen) atoms. The third-order valence-corrected chi connectivity index (χ3v) is 2.93. The van der Waals surface area contributed by atoms with Crippen LogP contribution < -0.4 is 5.73 Å². The first-order valence-corrected chi connectivity index (χ1v) is 6.09. The van der Waals surface area contributed by atoms with E-state index < -0.39 is 0 Å². The first kappa shape index (κ1) is 12.2. The van der Waals surface area contributed by atoms with Crippen molar-refractivity contribution in [3.8, 4) is 11.8 Å². The number of benzene rings is 1. The maximum Gasteiger partial charge on any atom is 0.145 e. The lowest BCUT2D eigenvalue weighted by molar-refractivity contribution is 0.794. The maximum absolute atomic E-state index is 8.84. The van der Waals surface area contributed by atoms with Gasteiger partial charge >= 0.3 is 0 Å². The Bertz CT molecular complexity index is 560. The molecule has 92 valence electrons. The minimum atomic E-state index is 0.388. The van der Waals surface area contributed by atoms with Crippen molar-refractivity contribution in [2.45, 2.75) is 26.2 Å². The second-order valence-corrected chi connectivity index (χ2v) is 4.24. The predicted octanol–water partition coefficient (Wildman–Crippen LogP) is 2.67. The number of aromatic nitrogens is 2. The number of hydrogen-bond acceptors (Lipinski definition) is 3. The maximum atomic E-state index is 8.84. The van der Waals surface area contributed by atoms with Gasteiger partial charge in [0.25, 0.3) is 0 Å². The average molecular weight is 240 g/mol. The average Bonchev–Trinajstić information content (AvgIpc) is 2.78. The molecule has 0 aliphatic heterocycles. The third kappa shape index (κ3) is 2.35. The summed E-state index contributed by atoms with van der Waals surface area (Å²) in [4.78, 5) is 0. The van der Waals surface area contributed by atoms with Crippen molar-refractivity contribution in [2.75, 3.05) is 5.73 Å². The summed E-state index contributed by atoms with van der Waals surface area (Å²) in [6.45, 7) is 2.18. The summed E-state index contributed by atoms with van der Waals surface area (Å²) >= 11 is 0. The highest BCUT2D eigenvalue weighted by atomic mass is 15.3. The molecule has 0 bridgehead atoms. The zero-order chi connectivity index (χ0) is 13.0. The van der Waals surface area contributed by atoms with Gasteiger partial charge in [-0.2, -0.15) is 10.4 Å². The normalized spacial score (nSPS) is 10.2. The Morgan fingerprint density at radius 1 is 1.33 bits per heavy atom. The van der Waals surface area contributed by atoms with Gasteiger partial charge in [-0.3, -0.25) is 0 Å². The van der Waals surface area contributed by atoms with Crippen molar-refractivity contribution >= 4 is 5.82 Å². The summed E-state index contributed by atoms with van der Waals surface area (Å²) in [6, 6.07) is 10.1. The van der Waals surface area contributed by atoms with Crippen molar-refractivity contribution in [2.24, 2.45) is 0 Å². The highest BCUT2D eigenvalue weighted by Gasteiger charge is 2.07. The van der Waals surface area contributed by atoms with Crippen LogP contribution in [-0.2, 0) is 6.42 Å². The van der Waals surface area contributed by atoms with E-state index in [1.165, 1.54) is 24.6 Å². The van der Waals surface area contributed by atoms with Crippen LogP contribution in [-0.4, -0.2) is 9.78 Å². The molecule has 0 amide bonds. The molecule has 1 heterocycles. The second kappa shape index (κ2) is 5.37. The van der Waals surface area contributed by atoms with Gasteiger partial charge in [0.1, 0.15) is 17.5 Å². The van der Waals surface area contributed by atoms with E-state index in [0.717, 1.165) is 12.1 Å². The summed E-state index contributed by atoms with van der Waals surface area (Å²) in [5, 5.41) is 13.0. The van der Waals surface area contributed by atoms with Gasteiger partial charge in [-0.05, 0) is 30.5 Å². The molecule has 0 unspecified atom stereocenters. The van der Waals surface area contributed by atoms with Gasteiger partial charge in [0.05, 0.1) is 11.9 Å². The summed E-state index contributed by atoms with van der Waals surface area (Å²) < 4.78 is 1.59. The fraction of sp³-hybridized carbons (Fsp3) is 0.286. The Balaban J connectivity index is 2.24. The van der Waals surface area contributed by atoms with Crippen LogP contribution in [0.2, 0.25) is 0 Å². The molecule has 0 saturated heterocycles. The van der Waals surface area contributed by atoms with Crippen molar-refractivity contribution in [3.05, 3.63) is 41.6 Å². The molecule has 1 aromatic carbocycles. The number of unbranched alkanes of at least 4 members (excludes halogenated alkanes) is 1. The molecule has 0 saturated carbocycles. The number of anilines is 1.